The smallest absolute Gasteiger partial charge is 0.131 e. The monoisotopic (exact) mass is 273 g/mol. The molecule has 1 unspecified atom stereocenters. The quantitative estimate of drug-likeness (QED) is 0.916. The van der Waals surface area contributed by atoms with E-state index in [4.69, 9.17) is 9.15 Å². The Hall–Kier alpha value is -0.320. The molecule has 0 aliphatic carbocycles. The third kappa shape index (κ3) is 2.83. The molecule has 3 nitrogen and oxygen atoms in total. The molecule has 0 aromatic carbocycles. The molecule has 15 heavy (non-hydrogen) atoms. The van der Waals surface area contributed by atoms with E-state index in [1.165, 1.54) is 6.42 Å². The van der Waals surface area contributed by atoms with E-state index in [0.29, 0.717) is 0 Å². The van der Waals surface area contributed by atoms with Crippen LogP contribution in [0, 0.1) is 0 Å². The Morgan fingerprint density at radius 1 is 1.60 bits per heavy atom. The van der Waals surface area contributed by atoms with E-state index in [9.17, 15) is 0 Å². The molecule has 0 bridgehead atoms. The van der Waals surface area contributed by atoms with Crippen molar-refractivity contribution in [1.29, 1.82) is 0 Å². The molecule has 0 saturated carbocycles. The highest BCUT2D eigenvalue weighted by Crippen LogP contribution is 2.24. The van der Waals surface area contributed by atoms with Crippen molar-refractivity contribution in [2.45, 2.75) is 31.9 Å². The van der Waals surface area contributed by atoms with E-state index in [1.807, 2.05) is 6.07 Å². The van der Waals surface area contributed by atoms with Gasteiger partial charge in [-0.05, 0) is 41.8 Å². The summed E-state index contributed by atoms with van der Waals surface area (Å²) in [4.78, 5) is 0. The minimum Gasteiger partial charge on any atom is -0.467 e. The first-order chi connectivity index (χ1) is 7.20. The number of hydrogen-bond donors (Lipinski definition) is 1. The zero-order chi connectivity index (χ0) is 10.7. The van der Waals surface area contributed by atoms with Gasteiger partial charge >= 0.3 is 0 Å². The molecular weight excluding hydrogens is 258 g/mol. The second-order valence-corrected chi connectivity index (χ2v) is 5.05. The summed E-state index contributed by atoms with van der Waals surface area (Å²) in [7, 11) is 0. The van der Waals surface area contributed by atoms with Crippen molar-refractivity contribution in [1.82, 2.24) is 5.32 Å². The Bertz CT molecular complexity index is 318. The fraction of sp³-hybridized carbons (Fsp3) is 0.636. The molecule has 0 spiro atoms. The maximum atomic E-state index is 5.69. The van der Waals surface area contributed by atoms with Gasteiger partial charge < -0.3 is 14.5 Å². The molecule has 1 aliphatic heterocycles. The number of nitrogens with one attached hydrogen (secondary N) is 1. The van der Waals surface area contributed by atoms with Crippen LogP contribution in [0.3, 0.4) is 0 Å². The summed E-state index contributed by atoms with van der Waals surface area (Å²) >= 11 is 3.43. The Morgan fingerprint density at radius 3 is 3.07 bits per heavy atom. The minimum atomic E-state index is 0.0130. The van der Waals surface area contributed by atoms with Crippen molar-refractivity contribution in [3.05, 3.63) is 22.6 Å². The summed E-state index contributed by atoms with van der Waals surface area (Å²) in [5, 5.41) is 3.36. The topological polar surface area (TPSA) is 34.4 Å². The van der Waals surface area contributed by atoms with Crippen molar-refractivity contribution in [3.63, 3.8) is 0 Å². The molecule has 1 aromatic rings. The molecule has 1 fully saturated rings. The van der Waals surface area contributed by atoms with Crippen LogP contribution in [-0.2, 0) is 11.3 Å². The minimum absolute atomic E-state index is 0.0130. The van der Waals surface area contributed by atoms with E-state index in [2.05, 4.69) is 28.2 Å². The molecule has 0 amide bonds. The van der Waals surface area contributed by atoms with Crippen LogP contribution in [0.25, 0.3) is 0 Å². The van der Waals surface area contributed by atoms with Crippen molar-refractivity contribution >= 4 is 15.9 Å². The first-order valence-corrected chi connectivity index (χ1v) is 6.05. The highest BCUT2D eigenvalue weighted by molar-refractivity contribution is 9.10. The number of furan rings is 1. The van der Waals surface area contributed by atoms with Crippen LogP contribution in [0.1, 0.15) is 25.5 Å². The Morgan fingerprint density at radius 2 is 2.47 bits per heavy atom. The molecule has 1 saturated heterocycles. The highest BCUT2D eigenvalue weighted by Gasteiger charge is 2.29. The highest BCUT2D eigenvalue weighted by atomic mass is 79.9. The van der Waals surface area contributed by atoms with Crippen molar-refractivity contribution in [3.8, 4) is 0 Å². The summed E-state index contributed by atoms with van der Waals surface area (Å²) < 4.78 is 12.0. The van der Waals surface area contributed by atoms with Crippen LogP contribution in [0.5, 0.6) is 0 Å². The third-order valence-corrected chi connectivity index (χ3v) is 3.48. The number of ether oxygens (including phenoxy) is 1. The summed E-state index contributed by atoms with van der Waals surface area (Å²) in [6.45, 7) is 4.67. The van der Waals surface area contributed by atoms with Crippen LogP contribution in [0.2, 0.25) is 0 Å². The van der Waals surface area contributed by atoms with E-state index in [-0.39, 0.29) is 5.60 Å². The lowest BCUT2D eigenvalue weighted by atomic mass is 10.0. The van der Waals surface area contributed by atoms with Crippen LogP contribution < -0.4 is 5.32 Å². The van der Waals surface area contributed by atoms with Crippen LogP contribution in [0.4, 0.5) is 0 Å². The standard InChI is InChI=1S/C11H16BrNO2/c1-11(4-2-5-15-11)8-13-7-10-9(12)3-6-14-10/h3,6,13H,2,4-5,7-8H2,1H3. The normalized spacial score (nSPS) is 26.0. The molecule has 1 N–H and O–H groups in total. The second-order valence-electron chi connectivity index (χ2n) is 4.20. The second kappa shape index (κ2) is 4.68. The maximum absolute atomic E-state index is 5.69. The van der Waals surface area contributed by atoms with Gasteiger partial charge in [-0.2, -0.15) is 0 Å². The van der Waals surface area contributed by atoms with Gasteiger partial charge in [0, 0.05) is 13.2 Å². The molecule has 1 aliphatic rings. The average molecular weight is 274 g/mol. The van der Waals surface area contributed by atoms with Crippen molar-refractivity contribution in [2.75, 3.05) is 13.2 Å². The average Bonchev–Trinajstić information content (AvgIpc) is 2.78. The van der Waals surface area contributed by atoms with E-state index < -0.39 is 0 Å². The molecule has 1 atom stereocenters. The Kier molecular flexibility index (Phi) is 3.49. The summed E-state index contributed by atoms with van der Waals surface area (Å²) in [6.07, 6.45) is 4.00. The fourth-order valence-electron chi connectivity index (χ4n) is 1.87. The predicted octanol–water partition coefficient (Wildman–Crippen LogP) is 2.70. The molecule has 4 heteroatoms. The zero-order valence-corrected chi connectivity index (χ0v) is 10.5. The Balaban J connectivity index is 1.77. The molecule has 1 aromatic heterocycles. The SMILES string of the molecule is CC1(CNCc2occc2Br)CCCO1. The van der Waals surface area contributed by atoms with Gasteiger partial charge in [0.1, 0.15) is 5.76 Å². The predicted molar refractivity (Wildman–Crippen MR) is 61.7 cm³/mol. The largest absolute Gasteiger partial charge is 0.467 e. The van der Waals surface area contributed by atoms with Gasteiger partial charge in [0.25, 0.3) is 0 Å². The first kappa shape index (κ1) is 11.2. The van der Waals surface area contributed by atoms with Crippen molar-refractivity contribution < 1.29 is 9.15 Å². The van der Waals surface area contributed by atoms with Crippen LogP contribution >= 0.6 is 15.9 Å². The first-order valence-electron chi connectivity index (χ1n) is 5.26. The van der Waals surface area contributed by atoms with Gasteiger partial charge in [-0.25, -0.2) is 0 Å². The molecule has 2 heterocycles. The lowest BCUT2D eigenvalue weighted by molar-refractivity contribution is 0.0204. The number of halogens is 1. The van der Waals surface area contributed by atoms with Crippen LogP contribution in [0.15, 0.2) is 21.2 Å². The van der Waals surface area contributed by atoms with Gasteiger partial charge in [0.2, 0.25) is 0 Å². The van der Waals surface area contributed by atoms with Crippen LogP contribution in [-0.4, -0.2) is 18.8 Å². The van der Waals surface area contributed by atoms with E-state index in [1.54, 1.807) is 6.26 Å². The Labute approximate surface area is 98.3 Å². The molecule has 84 valence electrons. The van der Waals surface area contributed by atoms with E-state index in [0.717, 1.165) is 36.4 Å². The van der Waals surface area contributed by atoms with Gasteiger partial charge in [-0.15, -0.1) is 0 Å². The molecule has 0 radical (unpaired) electrons. The van der Waals surface area contributed by atoms with Crippen molar-refractivity contribution in [2.24, 2.45) is 0 Å². The summed E-state index contributed by atoms with van der Waals surface area (Å²) in [5.41, 5.74) is 0.0130. The number of hydrogen-bond acceptors (Lipinski definition) is 3. The lowest BCUT2D eigenvalue weighted by Crippen LogP contribution is -2.36. The van der Waals surface area contributed by atoms with Gasteiger partial charge in [-0.1, -0.05) is 0 Å². The fourth-order valence-corrected chi connectivity index (χ4v) is 2.21. The molecular formula is C11H16BrNO2. The van der Waals surface area contributed by atoms with Gasteiger partial charge in [0.05, 0.1) is 22.9 Å². The molecule has 2 rings (SSSR count). The van der Waals surface area contributed by atoms with Gasteiger partial charge in [-0.3, -0.25) is 0 Å². The zero-order valence-electron chi connectivity index (χ0n) is 8.88. The summed E-state index contributed by atoms with van der Waals surface area (Å²) in [6, 6.07) is 1.91. The number of rotatable bonds is 4. The summed E-state index contributed by atoms with van der Waals surface area (Å²) in [5.74, 6) is 0.941. The van der Waals surface area contributed by atoms with E-state index >= 15 is 0 Å². The maximum Gasteiger partial charge on any atom is 0.131 e. The van der Waals surface area contributed by atoms with Gasteiger partial charge in [0.15, 0.2) is 0 Å². The third-order valence-electron chi connectivity index (χ3n) is 2.78. The lowest BCUT2D eigenvalue weighted by Gasteiger charge is -2.23.